The first-order valence-electron chi connectivity index (χ1n) is 2.74. The molecule has 1 N–H and O–H groups in total. The highest BCUT2D eigenvalue weighted by Gasteiger charge is 2.04. The minimum Gasteiger partial charge on any atom is -0.370 e. The van der Waals surface area contributed by atoms with Crippen LogP contribution in [0.3, 0.4) is 0 Å². The van der Waals surface area contributed by atoms with Gasteiger partial charge < -0.3 is 10.1 Å². The Morgan fingerprint density at radius 3 is 2.44 bits per heavy atom. The van der Waals surface area contributed by atoms with Gasteiger partial charge >= 0.3 is 0 Å². The Bertz CT molecular complexity index is 85.1. The van der Waals surface area contributed by atoms with E-state index in [1.807, 2.05) is 0 Å². The Labute approximate surface area is 54.7 Å². The Morgan fingerprint density at radius 1 is 1.56 bits per heavy atom. The van der Waals surface area contributed by atoms with Crippen molar-refractivity contribution in [1.82, 2.24) is 5.32 Å². The van der Waals surface area contributed by atoms with Gasteiger partial charge in [0.2, 0.25) is 5.91 Å². The number of ether oxygens (including phenoxy) is 1. The van der Waals surface area contributed by atoms with Gasteiger partial charge in [0.05, 0.1) is 6.61 Å². The molecule has 1 amide bonds. The molecule has 3 heteroatoms. The summed E-state index contributed by atoms with van der Waals surface area (Å²) in [5.74, 6) is -0.00810. The molecule has 1 aliphatic rings. The van der Waals surface area contributed by atoms with E-state index in [0.717, 1.165) is 0 Å². The second-order valence-electron chi connectivity index (χ2n) is 1.40. The van der Waals surface area contributed by atoms with E-state index in [9.17, 15) is 4.79 Å². The zero-order chi connectivity index (χ0) is 7.11. The normalized spacial score (nSPS) is 17.1. The van der Waals surface area contributed by atoms with Gasteiger partial charge in [0.1, 0.15) is 6.61 Å². The maximum atomic E-state index is 10.2. The second-order valence-corrected chi connectivity index (χ2v) is 1.40. The monoisotopic (exact) mass is 129 g/mol. The Hall–Kier alpha value is -0.830. The molecule has 0 saturated carbocycles. The molecule has 0 aromatic carbocycles. The molecule has 3 nitrogen and oxygen atoms in total. The first-order valence-corrected chi connectivity index (χ1v) is 2.74. The lowest BCUT2D eigenvalue weighted by atomic mass is 10.5. The summed E-state index contributed by atoms with van der Waals surface area (Å²) in [6.45, 7) is 7.56. The van der Waals surface area contributed by atoms with Gasteiger partial charge in [-0.25, -0.2) is 0 Å². The number of rotatable bonds is 0. The lowest BCUT2D eigenvalue weighted by Crippen LogP contribution is -2.36. The van der Waals surface area contributed by atoms with Crippen molar-refractivity contribution < 1.29 is 9.53 Å². The smallest absolute Gasteiger partial charge is 0.246 e. The fourth-order valence-electron chi connectivity index (χ4n) is 0.479. The highest BCUT2D eigenvalue weighted by atomic mass is 16.5. The van der Waals surface area contributed by atoms with Crippen LogP contribution in [0, 0.1) is 0 Å². The van der Waals surface area contributed by atoms with Crippen LogP contribution in [-0.2, 0) is 9.53 Å². The molecule has 0 aromatic rings. The molecule has 0 atom stereocenters. The van der Waals surface area contributed by atoms with Crippen molar-refractivity contribution in [2.24, 2.45) is 0 Å². The summed E-state index contributed by atoms with van der Waals surface area (Å²) >= 11 is 0. The van der Waals surface area contributed by atoms with E-state index in [1.54, 1.807) is 0 Å². The topological polar surface area (TPSA) is 38.3 Å². The summed E-state index contributed by atoms with van der Waals surface area (Å²) in [4.78, 5) is 10.2. The predicted octanol–water partition coefficient (Wildman–Crippen LogP) is -0.0650. The summed E-state index contributed by atoms with van der Waals surface area (Å²) < 4.78 is 4.77. The van der Waals surface area contributed by atoms with Crippen molar-refractivity contribution in [2.75, 3.05) is 19.8 Å². The average molecular weight is 129 g/mol. The number of carbonyl (C=O) groups is 1. The van der Waals surface area contributed by atoms with Crippen LogP contribution in [0.5, 0.6) is 0 Å². The maximum Gasteiger partial charge on any atom is 0.246 e. The number of carbonyl (C=O) groups excluding carboxylic acids is 1. The lowest BCUT2D eigenvalue weighted by Gasteiger charge is -2.10. The molecule has 1 rings (SSSR count). The number of amides is 1. The quantitative estimate of drug-likeness (QED) is 0.465. The number of hydrogen-bond acceptors (Lipinski definition) is 2. The average Bonchev–Trinajstić information content (AvgIpc) is 1.94. The van der Waals surface area contributed by atoms with E-state index in [2.05, 4.69) is 18.5 Å². The van der Waals surface area contributed by atoms with Gasteiger partial charge in [0.25, 0.3) is 0 Å². The molecule has 0 spiro atoms. The first kappa shape index (κ1) is 8.17. The second kappa shape index (κ2) is 5.31. The van der Waals surface area contributed by atoms with Gasteiger partial charge in [0.15, 0.2) is 0 Å². The molecule has 0 unspecified atom stereocenters. The molecule has 1 fully saturated rings. The van der Waals surface area contributed by atoms with Crippen molar-refractivity contribution in [3.05, 3.63) is 13.2 Å². The molecule has 1 heterocycles. The van der Waals surface area contributed by atoms with Crippen LogP contribution in [0.2, 0.25) is 0 Å². The van der Waals surface area contributed by atoms with Crippen LogP contribution >= 0.6 is 0 Å². The number of hydrogen-bond donors (Lipinski definition) is 1. The molecular weight excluding hydrogens is 118 g/mol. The van der Waals surface area contributed by atoms with Crippen LogP contribution in [0.25, 0.3) is 0 Å². The summed E-state index contributed by atoms with van der Waals surface area (Å²) in [5, 5.41) is 2.62. The molecule has 0 aromatic heterocycles. The molecule has 1 aliphatic heterocycles. The zero-order valence-electron chi connectivity index (χ0n) is 5.35. The molecule has 0 bridgehead atoms. The number of morpholine rings is 1. The largest absolute Gasteiger partial charge is 0.370 e. The molecule has 9 heavy (non-hydrogen) atoms. The van der Waals surface area contributed by atoms with E-state index in [0.29, 0.717) is 13.2 Å². The van der Waals surface area contributed by atoms with Crippen molar-refractivity contribution in [3.8, 4) is 0 Å². The van der Waals surface area contributed by atoms with Gasteiger partial charge in [-0.1, -0.05) is 0 Å². The van der Waals surface area contributed by atoms with Gasteiger partial charge in [-0.2, -0.15) is 0 Å². The third-order valence-electron chi connectivity index (χ3n) is 0.802. The Kier molecular flexibility index (Phi) is 4.82. The lowest BCUT2D eigenvalue weighted by molar-refractivity contribution is -0.128. The van der Waals surface area contributed by atoms with E-state index in [4.69, 9.17) is 4.74 Å². The van der Waals surface area contributed by atoms with E-state index < -0.39 is 0 Å². The van der Waals surface area contributed by atoms with Crippen LogP contribution in [0.15, 0.2) is 13.2 Å². The van der Waals surface area contributed by atoms with Crippen LogP contribution in [-0.4, -0.2) is 25.7 Å². The van der Waals surface area contributed by atoms with Crippen LogP contribution in [0.4, 0.5) is 0 Å². The summed E-state index contributed by atoms with van der Waals surface area (Å²) in [5.41, 5.74) is 0. The van der Waals surface area contributed by atoms with Crippen molar-refractivity contribution in [1.29, 1.82) is 0 Å². The van der Waals surface area contributed by atoms with Crippen molar-refractivity contribution in [2.45, 2.75) is 0 Å². The fourth-order valence-corrected chi connectivity index (χ4v) is 0.479. The molecule has 0 aliphatic carbocycles. The SMILES string of the molecule is C=C.O=C1COCCN1. The third kappa shape index (κ3) is 3.73. The Balaban J connectivity index is 0.000000291. The van der Waals surface area contributed by atoms with E-state index >= 15 is 0 Å². The summed E-state index contributed by atoms with van der Waals surface area (Å²) in [7, 11) is 0. The maximum absolute atomic E-state index is 10.2. The third-order valence-corrected chi connectivity index (χ3v) is 0.802. The van der Waals surface area contributed by atoms with Crippen LogP contribution < -0.4 is 5.32 Å². The van der Waals surface area contributed by atoms with E-state index in [1.165, 1.54) is 0 Å². The van der Waals surface area contributed by atoms with Crippen LogP contribution in [0.1, 0.15) is 0 Å². The number of nitrogens with one attached hydrogen (secondary N) is 1. The van der Waals surface area contributed by atoms with Crippen molar-refractivity contribution in [3.63, 3.8) is 0 Å². The fraction of sp³-hybridized carbons (Fsp3) is 0.500. The zero-order valence-corrected chi connectivity index (χ0v) is 5.35. The Morgan fingerprint density at radius 2 is 2.22 bits per heavy atom. The molecule has 0 radical (unpaired) electrons. The van der Waals surface area contributed by atoms with Crippen molar-refractivity contribution >= 4 is 5.91 Å². The van der Waals surface area contributed by atoms with Gasteiger partial charge in [-0.15, -0.1) is 13.2 Å². The van der Waals surface area contributed by atoms with Gasteiger partial charge in [0, 0.05) is 6.54 Å². The highest BCUT2D eigenvalue weighted by Crippen LogP contribution is 1.79. The first-order chi connectivity index (χ1) is 4.39. The standard InChI is InChI=1S/C4H7NO2.C2H4/c6-4-3-7-2-1-5-4;1-2/h1-3H2,(H,5,6);1-2H2. The summed E-state index contributed by atoms with van der Waals surface area (Å²) in [6, 6.07) is 0. The van der Waals surface area contributed by atoms with E-state index in [-0.39, 0.29) is 12.5 Å². The minimum absolute atomic E-state index is 0.00810. The minimum atomic E-state index is -0.00810. The van der Waals surface area contributed by atoms with Gasteiger partial charge in [-0.3, -0.25) is 4.79 Å². The molecular formula is C6H11NO2. The predicted molar refractivity (Wildman–Crippen MR) is 35.1 cm³/mol. The molecule has 1 saturated heterocycles. The molecule has 52 valence electrons. The van der Waals surface area contributed by atoms with Gasteiger partial charge in [-0.05, 0) is 0 Å². The summed E-state index contributed by atoms with van der Waals surface area (Å²) in [6.07, 6.45) is 0. The highest BCUT2D eigenvalue weighted by molar-refractivity contribution is 5.77.